The Morgan fingerprint density at radius 2 is 1.79 bits per heavy atom. The quantitative estimate of drug-likeness (QED) is 0.220. The highest BCUT2D eigenvalue weighted by atomic mass is 16.5. The summed E-state index contributed by atoms with van der Waals surface area (Å²) in [4.78, 5) is 22.5. The topological polar surface area (TPSA) is 43.4 Å². The Morgan fingerprint density at radius 3 is 2.07 bits per heavy atom. The lowest BCUT2D eigenvalue weighted by Crippen LogP contribution is -2.15. The number of Topliss-reactive ketones (excluding diaryl/α,β-unsaturated/α-hetero) is 1. The molecule has 0 radical (unpaired) electrons. The van der Waals surface area contributed by atoms with E-state index < -0.39 is 5.97 Å². The number of carbonyl (C=O) groups is 2. The molecule has 0 aromatic heterocycles. The van der Waals surface area contributed by atoms with Crippen LogP contribution in [-0.2, 0) is 14.3 Å². The number of hydrogen-bond acceptors (Lipinski definition) is 3. The van der Waals surface area contributed by atoms with Gasteiger partial charge >= 0.3 is 5.97 Å². The van der Waals surface area contributed by atoms with Crippen LogP contribution in [0, 0.1) is 0 Å². The van der Waals surface area contributed by atoms with E-state index in [0.717, 1.165) is 0 Å². The summed E-state index contributed by atoms with van der Waals surface area (Å²) in [6.07, 6.45) is 2.81. The minimum atomic E-state index is -0.630. The second-order valence-corrected chi connectivity index (χ2v) is 2.52. The van der Waals surface area contributed by atoms with Gasteiger partial charge in [0.05, 0.1) is 6.61 Å². The lowest BCUT2D eigenvalue weighted by molar-refractivity contribution is -0.139. The molecule has 0 bridgehead atoms. The summed E-state index contributed by atoms with van der Waals surface area (Å²) < 4.78 is 4.74. The Bertz CT molecular complexity index is 288. The van der Waals surface area contributed by atoms with Gasteiger partial charge in [-0.1, -0.05) is 25.3 Å². The third-order valence-corrected chi connectivity index (χ3v) is 1.56. The first kappa shape index (κ1) is 12.4. The van der Waals surface area contributed by atoms with Crippen LogP contribution in [-0.4, -0.2) is 18.4 Å². The zero-order valence-electron chi connectivity index (χ0n) is 8.50. The van der Waals surface area contributed by atoms with Crippen LogP contribution in [0.15, 0.2) is 36.5 Å². The summed E-state index contributed by atoms with van der Waals surface area (Å²) in [6.45, 7) is 10.2. The fourth-order valence-corrected chi connectivity index (χ4v) is 0.956. The zero-order valence-corrected chi connectivity index (χ0v) is 8.50. The van der Waals surface area contributed by atoms with Gasteiger partial charge in [-0.3, -0.25) is 4.79 Å². The van der Waals surface area contributed by atoms with Gasteiger partial charge in [-0.25, -0.2) is 4.79 Å². The molecular weight excluding hydrogens is 180 g/mol. The molecule has 3 nitrogen and oxygen atoms in total. The largest absolute Gasteiger partial charge is 0.462 e. The molecule has 0 aliphatic heterocycles. The van der Waals surface area contributed by atoms with Crippen LogP contribution >= 0.6 is 0 Å². The number of esters is 1. The van der Waals surface area contributed by atoms with Crippen molar-refractivity contribution in [3.8, 4) is 0 Å². The van der Waals surface area contributed by atoms with Crippen LogP contribution in [0.3, 0.4) is 0 Å². The van der Waals surface area contributed by atoms with Crippen molar-refractivity contribution in [1.82, 2.24) is 0 Å². The smallest absolute Gasteiger partial charge is 0.342 e. The molecule has 0 heterocycles. The summed E-state index contributed by atoms with van der Waals surface area (Å²) in [6, 6.07) is 0. The van der Waals surface area contributed by atoms with Crippen molar-refractivity contribution in [2.75, 3.05) is 6.61 Å². The summed E-state index contributed by atoms with van der Waals surface area (Å²) in [5, 5.41) is 0. The van der Waals surface area contributed by atoms with Crippen LogP contribution in [0.1, 0.15) is 13.8 Å². The highest BCUT2D eigenvalue weighted by Crippen LogP contribution is 2.10. The Balaban J connectivity index is 5.21. The average molecular weight is 194 g/mol. The SMILES string of the molecule is C=CC(C=C)=C(C(C)=O)C(=O)OCC. The highest BCUT2D eigenvalue weighted by Gasteiger charge is 2.18. The van der Waals surface area contributed by atoms with Crippen LogP contribution in [0.2, 0.25) is 0 Å². The molecule has 0 aromatic rings. The summed E-state index contributed by atoms with van der Waals surface area (Å²) in [7, 11) is 0. The number of ether oxygens (including phenoxy) is 1. The molecule has 0 aliphatic carbocycles. The number of allylic oxidation sites excluding steroid dienone is 3. The van der Waals surface area contributed by atoms with E-state index in [1.54, 1.807) is 6.92 Å². The molecule has 0 unspecified atom stereocenters. The van der Waals surface area contributed by atoms with E-state index in [0.29, 0.717) is 5.57 Å². The van der Waals surface area contributed by atoms with E-state index in [2.05, 4.69) is 13.2 Å². The van der Waals surface area contributed by atoms with E-state index in [4.69, 9.17) is 4.74 Å². The molecule has 0 aromatic carbocycles. The van der Waals surface area contributed by atoms with Crippen LogP contribution in [0.4, 0.5) is 0 Å². The Hall–Kier alpha value is -1.64. The fourth-order valence-electron chi connectivity index (χ4n) is 0.956. The standard InChI is InChI=1S/C11H14O3/c1-5-9(6-2)10(8(4)12)11(13)14-7-3/h5-6H,1-2,7H2,3-4H3. The minimum absolute atomic E-state index is 0.00292. The van der Waals surface area contributed by atoms with Crippen molar-refractivity contribution in [2.24, 2.45) is 0 Å². The first-order valence-corrected chi connectivity index (χ1v) is 4.25. The Labute approximate surface area is 83.8 Å². The first-order chi connectivity index (χ1) is 6.58. The second kappa shape index (κ2) is 5.91. The Morgan fingerprint density at radius 1 is 1.29 bits per heavy atom. The molecule has 14 heavy (non-hydrogen) atoms. The van der Waals surface area contributed by atoms with Gasteiger partial charge in [0.2, 0.25) is 0 Å². The van der Waals surface area contributed by atoms with Crippen molar-refractivity contribution in [2.45, 2.75) is 13.8 Å². The van der Waals surface area contributed by atoms with Gasteiger partial charge in [0.15, 0.2) is 5.78 Å². The maximum absolute atomic E-state index is 11.3. The number of carbonyl (C=O) groups excluding carboxylic acids is 2. The summed E-state index contributed by atoms with van der Waals surface area (Å²) in [5.74, 6) is -0.979. The lowest BCUT2D eigenvalue weighted by atomic mass is 10.1. The van der Waals surface area contributed by atoms with Gasteiger partial charge in [0, 0.05) is 0 Å². The van der Waals surface area contributed by atoms with E-state index >= 15 is 0 Å². The fraction of sp³-hybridized carbons (Fsp3) is 0.273. The predicted octanol–water partition coefficient (Wildman–Crippen LogP) is 1.81. The van der Waals surface area contributed by atoms with Gasteiger partial charge in [-0.05, 0) is 19.4 Å². The van der Waals surface area contributed by atoms with Crippen molar-refractivity contribution >= 4 is 11.8 Å². The predicted molar refractivity (Wildman–Crippen MR) is 54.7 cm³/mol. The van der Waals surface area contributed by atoms with Crippen molar-refractivity contribution in [1.29, 1.82) is 0 Å². The van der Waals surface area contributed by atoms with Crippen LogP contribution in [0.25, 0.3) is 0 Å². The third kappa shape index (κ3) is 3.01. The molecule has 0 rings (SSSR count). The highest BCUT2D eigenvalue weighted by molar-refractivity contribution is 6.17. The van der Waals surface area contributed by atoms with Crippen LogP contribution < -0.4 is 0 Å². The summed E-state index contributed by atoms with van der Waals surface area (Å²) in [5.41, 5.74) is 0.396. The molecule has 76 valence electrons. The van der Waals surface area contributed by atoms with Crippen molar-refractivity contribution in [3.05, 3.63) is 36.5 Å². The first-order valence-electron chi connectivity index (χ1n) is 4.25. The number of hydrogen-bond donors (Lipinski definition) is 0. The Kier molecular flexibility index (Phi) is 5.22. The van der Waals surface area contributed by atoms with Crippen LogP contribution in [0.5, 0.6) is 0 Å². The lowest BCUT2D eigenvalue weighted by Gasteiger charge is -2.05. The second-order valence-electron chi connectivity index (χ2n) is 2.52. The molecule has 0 N–H and O–H groups in total. The molecule has 3 heteroatoms. The third-order valence-electron chi connectivity index (χ3n) is 1.56. The molecular formula is C11H14O3. The van der Waals surface area contributed by atoms with Crippen molar-refractivity contribution < 1.29 is 14.3 Å². The van der Waals surface area contributed by atoms with Gasteiger partial charge in [-0.2, -0.15) is 0 Å². The molecule has 0 saturated heterocycles. The maximum Gasteiger partial charge on any atom is 0.342 e. The van der Waals surface area contributed by atoms with Gasteiger partial charge < -0.3 is 4.74 Å². The monoisotopic (exact) mass is 194 g/mol. The van der Waals surface area contributed by atoms with Crippen molar-refractivity contribution in [3.63, 3.8) is 0 Å². The normalized spacial score (nSPS) is 8.71. The van der Waals surface area contributed by atoms with Gasteiger partial charge in [0.1, 0.15) is 5.57 Å². The summed E-state index contributed by atoms with van der Waals surface area (Å²) >= 11 is 0. The molecule has 0 atom stereocenters. The van der Waals surface area contributed by atoms with E-state index in [1.807, 2.05) is 0 Å². The zero-order chi connectivity index (χ0) is 11.1. The molecule has 0 spiro atoms. The van der Waals surface area contributed by atoms with E-state index in [1.165, 1.54) is 19.1 Å². The minimum Gasteiger partial charge on any atom is -0.462 e. The van der Waals surface area contributed by atoms with E-state index in [9.17, 15) is 9.59 Å². The molecule has 0 amide bonds. The van der Waals surface area contributed by atoms with Gasteiger partial charge in [-0.15, -0.1) is 0 Å². The molecule has 0 aliphatic rings. The number of rotatable bonds is 5. The maximum atomic E-state index is 11.3. The molecule has 0 fully saturated rings. The average Bonchev–Trinajstić information content (AvgIpc) is 2.13. The van der Waals surface area contributed by atoms with E-state index in [-0.39, 0.29) is 18.0 Å². The van der Waals surface area contributed by atoms with Gasteiger partial charge in [0.25, 0.3) is 0 Å². The molecule has 0 saturated carbocycles. The number of ketones is 1.